The molecule has 7 heteroatoms. The third-order valence-electron chi connectivity index (χ3n) is 5.98. The van der Waals surface area contributed by atoms with Gasteiger partial charge in [-0.25, -0.2) is 8.42 Å². The maximum Gasteiger partial charge on any atom is 0.166 e. The number of ether oxygens (including phenoxy) is 1. The van der Waals surface area contributed by atoms with E-state index >= 15 is 0 Å². The molecule has 0 aromatic heterocycles. The van der Waals surface area contributed by atoms with Crippen molar-refractivity contribution < 1.29 is 17.9 Å². The van der Waals surface area contributed by atoms with Crippen LogP contribution in [0.5, 0.6) is 0 Å². The highest BCUT2D eigenvalue weighted by atomic mass is 32.2. The molecule has 0 unspecified atom stereocenters. The third kappa shape index (κ3) is 3.27. The zero-order chi connectivity index (χ0) is 18.9. The molecule has 0 atom stereocenters. The summed E-state index contributed by atoms with van der Waals surface area (Å²) in [4.78, 5) is 13.1. The molecule has 0 bridgehead atoms. The van der Waals surface area contributed by atoms with Crippen molar-refractivity contribution in [2.75, 3.05) is 13.2 Å². The molecule has 1 saturated carbocycles. The number of sulfone groups is 1. The second kappa shape index (κ2) is 7.28. The van der Waals surface area contributed by atoms with Crippen LogP contribution in [0.2, 0.25) is 0 Å². The number of benzene rings is 1. The van der Waals surface area contributed by atoms with Crippen LogP contribution in [-0.2, 0) is 19.4 Å². The van der Waals surface area contributed by atoms with E-state index in [4.69, 9.17) is 4.74 Å². The van der Waals surface area contributed by atoms with Gasteiger partial charge in [-0.3, -0.25) is 4.79 Å². The monoisotopic (exact) mass is 388 g/mol. The fourth-order valence-corrected chi connectivity index (χ4v) is 6.85. The van der Waals surface area contributed by atoms with Crippen molar-refractivity contribution in [1.29, 1.82) is 0 Å². The number of rotatable bonds is 6. The van der Waals surface area contributed by atoms with Crippen LogP contribution in [0.15, 0.2) is 40.5 Å². The molecule has 1 aromatic carbocycles. The van der Waals surface area contributed by atoms with Gasteiger partial charge in [0.15, 0.2) is 15.6 Å². The van der Waals surface area contributed by atoms with E-state index < -0.39 is 19.8 Å². The molecule has 6 nitrogen and oxygen atoms in total. The smallest absolute Gasteiger partial charge is 0.166 e. The van der Waals surface area contributed by atoms with E-state index in [1.807, 2.05) is 30.3 Å². The van der Waals surface area contributed by atoms with Crippen LogP contribution in [0.4, 0.5) is 0 Å². The van der Waals surface area contributed by atoms with Crippen molar-refractivity contribution in [2.45, 2.75) is 54.9 Å². The zero-order valence-electron chi connectivity index (χ0n) is 15.3. The molecule has 0 amide bonds. The number of ketones is 1. The fourth-order valence-electron chi connectivity index (χ4n) is 4.15. The molecule has 1 saturated heterocycles. The quantitative estimate of drug-likeness (QED) is 0.750. The Kier molecular flexibility index (Phi) is 4.99. The topological polar surface area (TPSA) is 85.2 Å². The minimum Gasteiger partial charge on any atom is -0.381 e. The van der Waals surface area contributed by atoms with E-state index in [2.05, 4.69) is 10.2 Å². The summed E-state index contributed by atoms with van der Waals surface area (Å²) in [6.45, 7) is 0.907. The molecule has 2 aliphatic heterocycles. The third-order valence-corrected chi connectivity index (χ3v) is 9.05. The number of Topliss-reactive ketones (excluding diaryl/α,β-unsaturated/α-hetero) is 1. The SMILES string of the molecule is O=C(CC1=NN=C(c2ccccc2)C1)C1(S(=O)(=O)C2CCOCC2)CCC1. The van der Waals surface area contributed by atoms with Gasteiger partial charge in [-0.05, 0) is 37.7 Å². The standard InChI is InChI=1S/C20H24N2O4S/c23-19(14-16-13-18(22-21-16)15-5-2-1-3-6-15)20(9-4-10-20)27(24,25)17-7-11-26-12-8-17/h1-3,5-6,17H,4,7-14H2. The lowest BCUT2D eigenvalue weighted by Gasteiger charge is -2.42. The van der Waals surface area contributed by atoms with E-state index in [-0.39, 0.29) is 12.2 Å². The van der Waals surface area contributed by atoms with Crippen molar-refractivity contribution >= 4 is 27.0 Å². The molecule has 1 aliphatic carbocycles. The Morgan fingerprint density at radius 2 is 1.81 bits per heavy atom. The summed E-state index contributed by atoms with van der Waals surface area (Å²) in [5, 5.41) is 7.91. The first-order chi connectivity index (χ1) is 13.0. The van der Waals surface area contributed by atoms with Gasteiger partial charge >= 0.3 is 0 Å². The first-order valence-electron chi connectivity index (χ1n) is 9.55. The van der Waals surface area contributed by atoms with Crippen molar-refractivity contribution in [3.63, 3.8) is 0 Å². The number of hydrogen-bond acceptors (Lipinski definition) is 6. The van der Waals surface area contributed by atoms with E-state index in [0.717, 1.165) is 17.7 Å². The Hall–Kier alpha value is -1.86. The normalized spacial score (nSPS) is 22.7. The summed E-state index contributed by atoms with van der Waals surface area (Å²) in [6.07, 6.45) is 3.20. The van der Waals surface area contributed by atoms with Crippen LogP contribution >= 0.6 is 0 Å². The summed E-state index contributed by atoms with van der Waals surface area (Å²) in [5.41, 5.74) is 2.47. The highest BCUT2D eigenvalue weighted by Crippen LogP contribution is 2.44. The van der Waals surface area contributed by atoms with Crippen LogP contribution in [0.25, 0.3) is 0 Å². The number of nitrogens with zero attached hydrogens (tertiary/aromatic N) is 2. The van der Waals surface area contributed by atoms with Crippen molar-refractivity contribution in [1.82, 2.24) is 0 Å². The minimum absolute atomic E-state index is 0.0717. The van der Waals surface area contributed by atoms with E-state index in [1.54, 1.807) is 0 Å². The molecule has 2 heterocycles. The highest BCUT2D eigenvalue weighted by Gasteiger charge is 2.56. The fraction of sp³-hybridized carbons (Fsp3) is 0.550. The van der Waals surface area contributed by atoms with Gasteiger partial charge in [-0.15, -0.1) is 0 Å². The molecule has 144 valence electrons. The van der Waals surface area contributed by atoms with Gasteiger partial charge in [0.1, 0.15) is 4.75 Å². The highest BCUT2D eigenvalue weighted by molar-refractivity contribution is 7.94. The predicted octanol–water partition coefficient (Wildman–Crippen LogP) is 2.71. The van der Waals surface area contributed by atoms with Gasteiger partial charge in [0.25, 0.3) is 0 Å². The summed E-state index contributed by atoms with van der Waals surface area (Å²) < 4.78 is 30.6. The summed E-state index contributed by atoms with van der Waals surface area (Å²) in [6, 6.07) is 9.73. The second-order valence-electron chi connectivity index (χ2n) is 7.56. The van der Waals surface area contributed by atoms with Gasteiger partial charge in [0.05, 0.1) is 16.7 Å². The average molecular weight is 388 g/mol. The van der Waals surface area contributed by atoms with E-state index in [9.17, 15) is 13.2 Å². The Labute approximate surface area is 159 Å². The molecular weight excluding hydrogens is 364 g/mol. The second-order valence-corrected chi connectivity index (χ2v) is 10.1. The zero-order valence-corrected chi connectivity index (χ0v) is 16.1. The minimum atomic E-state index is -3.52. The van der Waals surface area contributed by atoms with Crippen LogP contribution in [0.1, 0.15) is 50.5 Å². The molecule has 0 N–H and O–H groups in total. The molecule has 1 aromatic rings. The molecule has 4 rings (SSSR count). The maximum atomic E-state index is 13.2. The summed E-state index contributed by atoms with van der Waals surface area (Å²) >= 11 is 0. The maximum absolute atomic E-state index is 13.2. The van der Waals surface area contributed by atoms with Gasteiger partial charge in [-0.2, -0.15) is 10.2 Å². The average Bonchev–Trinajstić information content (AvgIpc) is 3.10. The largest absolute Gasteiger partial charge is 0.381 e. The molecule has 3 aliphatic rings. The van der Waals surface area contributed by atoms with Crippen molar-refractivity contribution in [3.8, 4) is 0 Å². The van der Waals surface area contributed by atoms with E-state index in [1.165, 1.54) is 0 Å². The first kappa shape index (κ1) is 18.5. The van der Waals surface area contributed by atoms with E-state index in [0.29, 0.717) is 51.0 Å². The first-order valence-corrected chi connectivity index (χ1v) is 11.1. The van der Waals surface area contributed by atoms with Gasteiger partial charge in [-0.1, -0.05) is 30.3 Å². The Morgan fingerprint density at radius 3 is 2.44 bits per heavy atom. The Bertz CT molecular complexity index is 880. The van der Waals surface area contributed by atoms with Crippen LogP contribution in [0, 0.1) is 0 Å². The lowest BCUT2D eigenvalue weighted by atomic mass is 9.79. The number of carbonyl (C=O) groups is 1. The molecule has 0 spiro atoms. The summed E-state index contributed by atoms with van der Waals surface area (Å²) in [5.74, 6) is -0.205. The van der Waals surface area contributed by atoms with Crippen molar-refractivity contribution in [2.24, 2.45) is 10.2 Å². The van der Waals surface area contributed by atoms with Gasteiger partial charge < -0.3 is 4.74 Å². The van der Waals surface area contributed by atoms with Gasteiger partial charge in [0.2, 0.25) is 0 Å². The molecule has 27 heavy (non-hydrogen) atoms. The van der Waals surface area contributed by atoms with Crippen LogP contribution in [-0.4, -0.2) is 48.8 Å². The number of hydrogen-bond donors (Lipinski definition) is 0. The lowest BCUT2D eigenvalue weighted by Crippen LogP contribution is -2.56. The number of carbonyl (C=O) groups excluding carboxylic acids is 1. The summed E-state index contributed by atoms with van der Waals surface area (Å²) in [7, 11) is -3.52. The lowest BCUT2D eigenvalue weighted by molar-refractivity contribution is -0.122. The van der Waals surface area contributed by atoms with Crippen molar-refractivity contribution in [3.05, 3.63) is 35.9 Å². The Morgan fingerprint density at radius 1 is 1.11 bits per heavy atom. The van der Waals surface area contributed by atoms with Gasteiger partial charge in [0, 0.05) is 26.1 Å². The predicted molar refractivity (Wildman–Crippen MR) is 104 cm³/mol. The molecule has 2 fully saturated rings. The van der Waals surface area contributed by atoms with Crippen LogP contribution < -0.4 is 0 Å². The molecular formula is C20H24N2O4S. The van der Waals surface area contributed by atoms with Crippen LogP contribution in [0.3, 0.4) is 0 Å². The molecule has 0 radical (unpaired) electrons. The Balaban J connectivity index is 1.46.